The van der Waals surface area contributed by atoms with E-state index in [2.05, 4.69) is 333 Å². The van der Waals surface area contributed by atoms with Crippen molar-refractivity contribution in [2.75, 3.05) is 77.6 Å². The molecule has 0 N–H and O–H groups in total. The van der Waals surface area contributed by atoms with Crippen LogP contribution in [0.4, 0.5) is 11.4 Å². The van der Waals surface area contributed by atoms with Crippen LogP contribution < -0.4 is 9.80 Å². The zero-order valence-corrected chi connectivity index (χ0v) is 69.2. The van der Waals surface area contributed by atoms with Crippen molar-refractivity contribution in [3.05, 3.63) is 93.1 Å². The van der Waals surface area contributed by atoms with Gasteiger partial charge < -0.3 is 36.4 Å². The highest BCUT2D eigenvalue weighted by Crippen LogP contribution is 2.42. The van der Waals surface area contributed by atoms with E-state index in [-0.39, 0.29) is 56.7 Å². The normalized spacial score (nSPS) is 14.0. The molecule has 0 radical (unpaired) electrons. The summed E-state index contributed by atoms with van der Waals surface area (Å²) in [6.45, 7) is 69.4. The molecule has 2 aromatic carbocycles. The second-order valence-corrected chi connectivity index (χ2v) is 62.4. The Bertz CT molecular complexity index is 3030. The summed E-state index contributed by atoms with van der Waals surface area (Å²) in [6.07, 6.45) is 0. The molecule has 8 nitrogen and oxygen atoms in total. The molecule has 14 heteroatoms. The Kier molecular flexibility index (Phi) is 29.3. The van der Waals surface area contributed by atoms with Gasteiger partial charge in [0, 0.05) is 84.1 Å². The van der Waals surface area contributed by atoms with E-state index in [1.54, 1.807) is 0 Å². The molecular formula is C76H122N2O6Si6. The van der Waals surface area contributed by atoms with Crippen LogP contribution in [0.25, 0.3) is 0 Å². The molecule has 0 aliphatic heterocycles. The molecular weight excluding hydrogens is 1210 g/mol. The first kappa shape index (κ1) is 81.8. The molecule has 90 heavy (non-hydrogen) atoms. The fourth-order valence-electron chi connectivity index (χ4n) is 6.41. The van der Waals surface area contributed by atoms with Crippen LogP contribution in [0, 0.1) is 71.0 Å². The molecule has 0 heterocycles. The molecule has 0 spiro atoms. The van der Waals surface area contributed by atoms with Gasteiger partial charge in [-0.05, 0) is 181 Å². The standard InChI is InChI=1S/C76H122N2O6Si6/c1-71(2,3)85(23,24)79-55-63(39-35-37-41-65(57-81-87(27,28)73(7,8)9)67(59-83-89(31,32)75(13,14)15)49-43-61-45-51-69(52-46-61)77(19)20)64(56-80-86(25,26)72(4,5)6)40-36-38-42-66(58-82-88(29,30)74(10,11)12)68(60-84-90(33,34)76(16,17)18)50-44-62-47-53-70(54-48-62)78(21)22/h45-48,51-54H,55-60H2,1-34H3/b64-63+,67-65+,68-66+. The van der Waals surface area contributed by atoms with Crippen molar-refractivity contribution in [3.8, 4) is 71.0 Å². The molecule has 0 aromatic heterocycles. The smallest absolute Gasteiger partial charge is 0.192 e. The van der Waals surface area contributed by atoms with E-state index >= 15 is 0 Å². The van der Waals surface area contributed by atoms with E-state index in [0.29, 0.717) is 24.4 Å². The van der Waals surface area contributed by atoms with Crippen LogP contribution in [-0.4, -0.2) is 118 Å². The molecule has 0 amide bonds. The maximum atomic E-state index is 7.05. The molecule has 0 saturated heterocycles. The Labute approximate surface area is 559 Å². The van der Waals surface area contributed by atoms with Crippen molar-refractivity contribution in [2.24, 2.45) is 0 Å². The second-order valence-electron chi connectivity index (χ2n) is 33.5. The SMILES string of the molecule is CN(C)c1ccc(C#C/C(CO[Si](C)(C)C(C)(C)C)=C(/C#CC#C/C(CO[Si](C)(C)C(C)(C)C)=C(/C#CC#C/C(CO[Si](C)(C)C(C)(C)C)=C(/C#Cc2ccc(N(C)C)cc2)CO[Si](C)(C)C(C)(C)C)CO[Si](C)(C)C(C)(C)C)CO[Si](C)(C)C(C)(C)C)cc1. The molecule has 2 aromatic rings. The first-order valence-electron chi connectivity index (χ1n) is 32.2. The van der Waals surface area contributed by atoms with Gasteiger partial charge in [-0.1, -0.05) is 172 Å². The Morgan fingerprint density at radius 2 is 0.433 bits per heavy atom. The Morgan fingerprint density at radius 3 is 0.578 bits per heavy atom. The van der Waals surface area contributed by atoms with Crippen LogP contribution in [0.15, 0.2) is 82.0 Å². The third kappa shape index (κ3) is 25.5. The van der Waals surface area contributed by atoms with Crippen LogP contribution in [0.1, 0.15) is 136 Å². The number of nitrogens with zero attached hydrogens (tertiary/aromatic N) is 2. The van der Waals surface area contributed by atoms with Gasteiger partial charge in [0.2, 0.25) is 0 Å². The minimum atomic E-state index is -2.33. The largest absolute Gasteiger partial charge is 0.412 e. The summed E-state index contributed by atoms with van der Waals surface area (Å²) in [5.41, 5.74) is 8.51. The van der Waals surface area contributed by atoms with Crippen molar-refractivity contribution in [1.82, 2.24) is 0 Å². The van der Waals surface area contributed by atoms with Crippen molar-refractivity contribution >= 4 is 61.3 Å². The summed E-state index contributed by atoms with van der Waals surface area (Å²) in [4.78, 5) is 4.17. The molecule has 2 rings (SSSR count). The van der Waals surface area contributed by atoms with E-state index in [4.69, 9.17) is 26.6 Å². The summed E-state index contributed by atoms with van der Waals surface area (Å²) in [5.74, 6) is 41.4. The minimum Gasteiger partial charge on any atom is -0.412 e. The highest BCUT2D eigenvalue weighted by atomic mass is 28.4. The van der Waals surface area contributed by atoms with Gasteiger partial charge in [0.05, 0.1) is 39.6 Å². The van der Waals surface area contributed by atoms with Crippen LogP contribution in [0.3, 0.4) is 0 Å². The molecule has 0 saturated carbocycles. The van der Waals surface area contributed by atoms with Gasteiger partial charge in [-0.2, -0.15) is 0 Å². The number of hydrogen-bond acceptors (Lipinski definition) is 8. The van der Waals surface area contributed by atoms with Gasteiger partial charge in [0.15, 0.2) is 49.9 Å². The maximum absolute atomic E-state index is 7.05. The average molecular weight is 1330 g/mol. The monoisotopic (exact) mass is 1330 g/mol. The number of hydrogen-bond donors (Lipinski definition) is 0. The predicted molar refractivity (Wildman–Crippen MR) is 406 cm³/mol. The van der Waals surface area contributed by atoms with Gasteiger partial charge in [0.25, 0.3) is 0 Å². The van der Waals surface area contributed by atoms with Crippen molar-refractivity contribution in [2.45, 2.75) is 233 Å². The fraction of sp³-hybridized carbons (Fsp3) is 0.605. The maximum Gasteiger partial charge on any atom is 0.192 e. The van der Waals surface area contributed by atoms with Gasteiger partial charge in [0.1, 0.15) is 0 Å². The van der Waals surface area contributed by atoms with E-state index in [0.717, 1.165) is 44.8 Å². The molecule has 0 unspecified atom stereocenters. The molecule has 0 bridgehead atoms. The highest BCUT2D eigenvalue weighted by molar-refractivity contribution is 6.76. The summed E-state index contributed by atoms with van der Waals surface area (Å²) >= 11 is 0. The topological polar surface area (TPSA) is 61.9 Å². The molecule has 0 atom stereocenters. The second kappa shape index (κ2) is 32.2. The van der Waals surface area contributed by atoms with E-state index in [9.17, 15) is 0 Å². The summed E-state index contributed by atoms with van der Waals surface area (Å²) < 4.78 is 42.0. The first-order valence-corrected chi connectivity index (χ1v) is 49.7. The zero-order chi connectivity index (χ0) is 69.6. The van der Waals surface area contributed by atoms with E-state index in [1.165, 1.54) is 0 Å². The number of rotatable bonds is 20. The van der Waals surface area contributed by atoms with E-state index < -0.39 is 49.9 Å². The van der Waals surface area contributed by atoms with Gasteiger partial charge >= 0.3 is 0 Å². The Balaban J connectivity index is 3.37. The lowest BCUT2D eigenvalue weighted by atomic mass is 10.1. The van der Waals surface area contributed by atoms with Crippen LogP contribution in [0.5, 0.6) is 0 Å². The average Bonchev–Trinajstić information content (AvgIpc) is 2.32. The number of benzene rings is 2. The van der Waals surface area contributed by atoms with Crippen molar-refractivity contribution < 1.29 is 26.6 Å². The zero-order valence-electron chi connectivity index (χ0n) is 63.2. The van der Waals surface area contributed by atoms with Gasteiger partial charge in [-0.25, -0.2) is 0 Å². The van der Waals surface area contributed by atoms with E-state index in [1.807, 2.05) is 28.2 Å². The van der Waals surface area contributed by atoms with Gasteiger partial charge in [-0.15, -0.1) is 0 Å². The van der Waals surface area contributed by atoms with Crippen molar-refractivity contribution in [1.29, 1.82) is 0 Å². The third-order valence-electron chi connectivity index (χ3n) is 19.9. The quantitative estimate of drug-likeness (QED) is 0.0960. The third-order valence-corrected chi connectivity index (χ3v) is 46.7. The predicted octanol–water partition coefficient (Wildman–Crippen LogP) is 19.3. The van der Waals surface area contributed by atoms with Crippen LogP contribution >= 0.6 is 0 Å². The molecule has 0 aliphatic rings. The summed E-state index contributed by atoms with van der Waals surface area (Å²) in [5, 5.41) is -0.247. The Morgan fingerprint density at radius 1 is 0.278 bits per heavy atom. The lowest BCUT2D eigenvalue weighted by Gasteiger charge is -2.37. The Hall–Kier alpha value is -4.32. The van der Waals surface area contributed by atoms with Crippen LogP contribution in [0.2, 0.25) is 109 Å². The molecule has 0 aliphatic carbocycles. The lowest BCUT2D eigenvalue weighted by Crippen LogP contribution is -2.42. The number of anilines is 2. The first-order chi connectivity index (χ1) is 40.6. The van der Waals surface area contributed by atoms with Crippen molar-refractivity contribution in [3.63, 3.8) is 0 Å². The lowest BCUT2D eigenvalue weighted by molar-refractivity contribution is 0.308. The highest BCUT2D eigenvalue weighted by Gasteiger charge is 2.42. The minimum absolute atomic E-state index is 0.0207. The van der Waals surface area contributed by atoms with Gasteiger partial charge in [-0.3, -0.25) is 0 Å². The fourth-order valence-corrected chi connectivity index (χ4v) is 12.0. The molecule has 0 fully saturated rings. The van der Waals surface area contributed by atoms with Crippen LogP contribution in [-0.2, 0) is 26.6 Å². The summed E-state index contributed by atoms with van der Waals surface area (Å²) in [6, 6.07) is 16.6. The summed E-state index contributed by atoms with van der Waals surface area (Å²) in [7, 11) is -5.49. The molecule has 496 valence electrons.